The summed E-state index contributed by atoms with van der Waals surface area (Å²) >= 11 is 1.22. The van der Waals surface area contributed by atoms with Gasteiger partial charge in [0.1, 0.15) is 16.9 Å². The second-order valence-electron chi connectivity index (χ2n) is 4.26. The normalized spacial score (nSPS) is 19.1. The van der Waals surface area contributed by atoms with Crippen molar-refractivity contribution in [1.29, 1.82) is 0 Å². The Bertz CT molecular complexity index is 627. The van der Waals surface area contributed by atoms with Gasteiger partial charge in [0, 0.05) is 18.6 Å². The molecule has 1 amide bonds. The Kier molecular flexibility index (Phi) is 3.00. The molecule has 0 saturated carbocycles. The quantitative estimate of drug-likeness (QED) is 0.930. The van der Waals surface area contributed by atoms with Crippen molar-refractivity contribution in [2.75, 3.05) is 25.2 Å². The number of aromatic hydroxyl groups is 1. The molecule has 100 valence electrons. The number of rotatable bonds is 3. The van der Waals surface area contributed by atoms with Gasteiger partial charge in [0.25, 0.3) is 0 Å². The molecule has 6 nitrogen and oxygen atoms in total. The van der Waals surface area contributed by atoms with Crippen LogP contribution in [-0.2, 0) is 9.47 Å². The van der Waals surface area contributed by atoms with E-state index in [0.717, 1.165) is 10.4 Å². The fraction of sp³-hybridized carbons (Fsp3) is 0.333. The van der Waals surface area contributed by atoms with Crippen molar-refractivity contribution in [1.82, 2.24) is 4.37 Å². The summed E-state index contributed by atoms with van der Waals surface area (Å²) in [6.45, 7) is 0.824. The summed E-state index contributed by atoms with van der Waals surface area (Å²) in [7, 11) is 1.57. The molecule has 7 heteroatoms. The number of carbonyl (C=O) groups is 1. The minimum atomic E-state index is -0.388. The lowest BCUT2D eigenvalue weighted by Gasteiger charge is -2.09. The van der Waals surface area contributed by atoms with Crippen LogP contribution in [0.15, 0.2) is 18.2 Å². The van der Waals surface area contributed by atoms with Crippen LogP contribution in [0.4, 0.5) is 9.80 Å². The van der Waals surface area contributed by atoms with Gasteiger partial charge in [-0.1, -0.05) is 0 Å². The minimum absolute atomic E-state index is 0.158. The number of nitrogens with zero attached hydrogens (tertiary/aromatic N) is 2. The molecule has 1 aromatic heterocycles. The largest absolute Gasteiger partial charge is 0.508 e. The van der Waals surface area contributed by atoms with E-state index in [9.17, 15) is 9.90 Å². The summed E-state index contributed by atoms with van der Waals surface area (Å²) in [6, 6.07) is 4.90. The summed E-state index contributed by atoms with van der Waals surface area (Å²) in [5.74, 6) is 0.158. The molecule has 1 N–H and O–H groups in total. The van der Waals surface area contributed by atoms with E-state index in [1.807, 2.05) is 0 Å². The molecule has 2 aromatic rings. The number of methoxy groups -OCH3 is 1. The molecule has 0 bridgehead atoms. The molecule has 0 aliphatic carbocycles. The number of aromatic nitrogens is 1. The standard InChI is InChI=1S/C12H12N2O4S/c1-17-6-8-5-14(12(16)18-8)11-9-3-2-7(15)4-10(9)13-19-11/h2-4,8,15H,5-6H2,1H3/t8-/m0/s1. The van der Waals surface area contributed by atoms with Gasteiger partial charge in [-0.25, -0.2) is 4.79 Å². The average Bonchev–Trinajstić information content (AvgIpc) is 2.93. The highest BCUT2D eigenvalue weighted by atomic mass is 32.1. The molecular weight excluding hydrogens is 268 g/mol. The van der Waals surface area contributed by atoms with Crippen molar-refractivity contribution < 1.29 is 19.4 Å². The monoisotopic (exact) mass is 280 g/mol. The summed E-state index contributed by atoms with van der Waals surface area (Å²) < 4.78 is 14.4. The maximum absolute atomic E-state index is 11.8. The van der Waals surface area contributed by atoms with E-state index in [2.05, 4.69) is 4.37 Å². The Balaban J connectivity index is 1.94. The summed E-state index contributed by atoms with van der Waals surface area (Å²) in [5.41, 5.74) is 0.669. The Morgan fingerprint density at radius 1 is 1.63 bits per heavy atom. The highest BCUT2D eigenvalue weighted by molar-refractivity contribution is 7.12. The maximum Gasteiger partial charge on any atom is 0.415 e. The van der Waals surface area contributed by atoms with E-state index >= 15 is 0 Å². The molecule has 3 rings (SSSR count). The molecule has 1 aliphatic heterocycles. The second-order valence-corrected chi connectivity index (χ2v) is 5.01. The van der Waals surface area contributed by atoms with Crippen molar-refractivity contribution in [2.24, 2.45) is 0 Å². The van der Waals surface area contributed by atoms with Crippen LogP contribution in [0, 0.1) is 0 Å². The van der Waals surface area contributed by atoms with Gasteiger partial charge in [-0.15, -0.1) is 0 Å². The lowest BCUT2D eigenvalue weighted by atomic mass is 10.2. The van der Waals surface area contributed by atoms with Gasteiger partial charge in [0.2, 0.25) is 0 Å². The minimum Gasteiger partial charge on any atom is -0.508 e. The zero-order valence-corrected chi connectivity index (χ0v) is 11.0. The van der Waals surface area contributed by atoms with E-state index in [1.54, 1.807) is 30.2 Å². The lowest BCUT2D eigenvalue weighted by Crippen LogP contribution is -2.24. The summed E-state index contributed by atoms with van der Waals surface area (Å²) in [6.07, 6.45) is -0.646. The van der Waals surface area contributed by atoms with Gasteiger partial charge < -0.3 is 14.6 Å². The third-order valence-electron chi connectivity index (χ3n) is 2.91. The molecule has 1 aliphatic rings. The third kappa shape index (κ3) is 2.11. The lowest BCUT2D eigenvalue weighted by molar-refractivity contribution is 0.0718. The fourth-order valence-corrected chi connectivity index (χ4v) is 2.93. The zero-order valence-electron chi connectivity index (χ0n) is 10.2. The second kappa shape index (κ2) is 4.67. The predicted octanol–water partition coefficient (Wildman–Crippen LogP) is 1.97. The Morgan fingerprint density at radius 3 is 3.26 bits per heavy atom. The first-order valence-electron chi connectivity index (χ1n) is 5.74. The fourth-order valence-electron chi connectivity index (χ4n) is 2.07. The van der Waals surface area contributed by atoms with Crippen molar-refractivity contribution in [3.8, 4) is 5.75 Å². The van der Waals surface area contributed by atoms with Gasteiger partial charge in [-0.2, -0.15) is 4.37 Å². The molecular formula is C12H12N2O4S. The predicted molar refractivity (Wildman–Crippen MR) is 70.8 cm³/mol. The van der Waals surface area contributed by atoms with Gasteiger partial charge in [-0.3, -0.25) is 4.90 Å². The van der Waals surface area contributed by atoms with Crippen LogP contribution in [-0.4, -0.2) is 41.9 Å². The van der Waals surface area contributed by atoms with Crippen LogP contribution in [0.25, 0.3) is 10.9 Å². The number of cyclic esters (lactones) is 1. The average molecular weight is 280 g/mol. The molecule has 1 aromatic carbocycles. The number of anilines is 1. The first-order valence-corrected chi connectivity index (χ1v) is 6.52. The highest BCUT2D eigenvalue weighted by Gasteiger charge is 2.34. The van der Waals surface area contributed by atoms with Gasteiger partial charge >= 0.3 is 6.09 Å². The zero-order chi connectivity index (χ0) is 13.4. The van der Waals surface area contributed by atoms with Crippen LogP contribution in [0.2, 0.25) is 0 Å². The van der Waals surface area contributed by atoms with Crippen molar-refractivity contribution in [2.45, 2.75) is 6.10 Å². The van der Waals surface area contributed by atoms with Crippen LogP contribution in [0.1, 0.15) is 0 Å². The molecule has 19 heavy (non-hydrogen) atoms. The van der Waals surface area contributed by atoms with E-state index in [-0.39, 0.29) is 17.9 Å². The first kappa shape index (κ1) is 12.2. The number of ether oxygens (including phenoxy) is 2. The van der Waals surface area contributed by atoms with Gasteiger partial charge in [0.05, 0.1) is 18.7 Å². The van der Waals surface area contributed by atoms with Crippen molar-refractivity contribution in [3.63, 3.8) is 0 Å². The van der Waals surface area contributed by atoms with Crippen LogP contribution < -0.4 is 4.90 Å². The van der Waals surface area contributed by atoms with E-state index in [1.165, 1.54) is 11.5 Å². The SMILES string of the molecule is COC[C@@H]1CN(c2snc3cc(O)ccc23)C(=O)O1. The molecule has 0 spiro atoms. The smallest absolute Gasteiger partial charge is 0.415 e. The van der Waals surface area contributed by atoms with E-state index in [4.69, 9.17) is 9.47 Å². The third-order valence-corrected chi connectivity index (χ3v) is 3.82. The van der Waals surface area contributed by atoms with Crippen LogP contribution in [0.3, 0.4) is 0 Å². The van der Waals surface area contributed by atoms with Crippen molar-refractivity contribution in [3.05, 3.63) is 18.2 Å². The Hall–Kier alpha value is -1.86. The maximum atomic E-state index is 11.8. The number of phenolic OH excluding ortho intramolecular Hbond substituents is 1. The number of benzene rings is 1. The molecule has 0 radical (unpaired) electrons. The molecule has 1 fully saturated rings. The van der Waals surface area contributed by atoms with Crippen LogP contribution in [0.5, 0.6) is 5.75 Å². The topological polar surface area (TPSA) is 71.9 Å². The number of phenols is 1. The highest BCUT2D eigenvalue weighted by Crippen LogP contribution is 2.35. The Labute approximate surface area is 113 Å². The number of fused-ring (bicyclic) bond motifs is 1. The number of amides is 1. The number of hydrogen-bond acceptors (Lipinski definition) is 6. The number of carbonyl (C=O) groups excluding carboxylic acids is 1. The summed E-state index contributed by atoms with van der Waals surface area (Å²) in [5, 5.41) is 11.0. The molecule has 2 heterocycles. The first-order chi connectivity index (χ1) is 9.19. The Morgan fingerprint density at radius 2 is 2.47 bits per heavy atom. The van der Waals surface area contributed by atoms with Crippen molar-refractivity contribution >= 4 is 33.5 Å². The van der Waals surface area contributed by atoms with Gasteiger partial charge in [0.15, 0.2) is 0 Å². The van der Waals surface area contributed by atoms with Crippen LogP contribution >= 0.6 is 11.5 Å². The number of hydrogen-bond donors (Lipinski definition) is 1. The molecule has 1 saturated heterocycles. The summed E-state index contributed by atoms with van der Waals surface area (Å²) in [4.78, 5) is 13.4. The van der Waals surface area contributed by atoms with Gasteiger partial charge in [-0.05, 0) is 23.7 Å². The van der Waals surface area contributed by atoms with E-state index < -0.39 is 0 Å². The van der Waals surface area contributed by atoms with E-state index in [0.29, 0.717) is 18.7 Å². The molecule has 1 atom stereocenters. The molecule has 0 unspecified atom stereocenters.